The van der Waals surface area contributed by atoms with Crippen LogP contribution in [0.3, 0.4) is 0 Å². The van der Waals surface area contributed by atoms with Gasteiger partial charge in [-0.05, 0) is 48.6 Å². The number of anilines is 1. The van der Waals surface area contributed by atoms with Gasteiger partial charge in [0.2, 0.25) is 0 Å². The number of nitrogens with zero attached hydrogens (tertiary/aromatic N) is 2. The Morgan fingerprint density at radius 2 is 1.87 bits per heavy atom. The SMILES string of the molecule is S=C(N/N=C\c1ccnc2ccccc12)Nc1ccc(Cl)cc1. The number of nitrogens with one attached hydrogen (secondary N) is 2. The van der Waals surface area contributed by atoms with E-state index in [9.17, 15) is 0 Å². The minimum Gasteiger partial charge on any atom is -0.331 e. The van der Waals surface area contributed by atoms with Crippen molar-refractivity contribution in [2.75, 3.05) is 5.32 Å². The Balaban J connectivity index is 1.66. The first-order valence-corrected chi connectivity index (χ1v) is 7.70. The number of aromatic nitrogens is 1. The lowest BCUT2D eigenvalue weighted by molar-refractivity contribution is 1.05. The van der Waals surface area contributed by atoms with Crippen molar-refractivity contribution in [1.82, 2.24) is 10.4 Å². The van der Waals surface area contributed by atoms with E-state index in [2.05, 4.69) is 20.8 Å². The number of benzene rings is 2. The molecule has 1 aromatic heterocycles. The number of hydrogen-bond acceptors (Lipinski definition) is 3. The molecule has 0 bridgehead atoms. The van der Waals surface area contributed by atoms with Crippen molar-refractivity contribution in [3.8, 4) is 0 Å². The molecule has 0 aliphatic rings. The monoisotopic (exact) mass is 340 g/mol. The fourth-order valence-corrected chi connectivity index (χ4v) is 2.38. The van der Waals surface area contributed by atoms with Gasteiger partial charge in [-0.25, -0.2) is 0 Å². The third kappa shape index (κ3) is 4.03. The van der Waals surface area contributed by atoms with Crippen molar-refractivity contribution < 1.29 is 0 Å². The molecule has 0 saturated carbocycles. The van der Waals surface area contributed by atoms with E-state index >= 15 is 0 Å². The second kappa shape index (κ2) is 7.17. The summed E-state index contributed by atoms with van der Waals surface area (Å²) >= 11 is 11.0. The molecule has 114 valence electrons. The molecule has 4 nitrogen and oxygen atoms in total. The number of para-hydroxylation sites is 1. The minimum absolute atomic E-state index is 0.405. The second-order valence-corrected chi connectivity index (χ2v) is 5.59. The van der Waals surface area contributed by atoms with Crippen LogP contribution in [0.15, 0.2) is 65.9 Å². The van der Waals surface area contributed by atoms with Gasteiger partial charge >= 0.3 is 0 Å². The van der Waals surface area contributed by atoms with Crippen LogP contribution in [-0.2, 0) is 0 Å². The van der Waals surface area contributed by atoms with Gasteiger partial charge in [-0.2, -0.15) is 5.10 Å². The highest BCUT2D eigenvalue weighted by atomic mass is 35.5. The summed E-state index contributed by atoms with van der Waals surface area (Å²) in [5.41, 5.74) is 5.54. The fourth-order valence-electron chi connectivity index (χ4n) is 2.08. The Morgan fingerprint density at radius 3 is 2.70 bits per heavy atom. The molecule has 1 heterocycles. The van der Waals surface area contributed by atoms with Crippen LogP contribution >= 0.6 is 23.8 Å². The average Bonchev–Trinajstić information content (AvgIpc) is 2.57. The maximum Gasteiger partial charge on any atom is 0.191 e. The predicted octanol–water partition coefficient (Wildman–Crippen LogP) is 4.21. The predicted molar refractivity (Wildman–Crippen MR) is 100 cm³/mol. The van der Waals surface area contributed by atoms with E-state index in [1.54, 1.807) is 24.5 Å². The van der Waals surface area contributed by atoms with E-state index in [0.29, 0.717) is 10.1 Å². The lowest BCUT2D eigenvalue weighted by Gasteiger charge is -2.07. The zero-order valence-electron chi connectivity index (χ0n) is 12.0. The van der Waals surface area contributed by atoms with Crippen molar-refractivity contribution in [1.29, 1.82) is 0 Å². The summed E-state index contributed by atoms with van der Waals surface area (Å²) in [7, 11) is 0. The number of thiocarbonyl (C=S) groups is 1. The second-order valence-electron chi connectivity index (χ2n) is 4.75. The van der Waals surface area contributed by atoms with Gasteiger partial charge < -0.3 is 5.32 Å². The summed E-state index contributed by atoms with van der Waals surface area (Å²) in [4.78, 5) is 4.32. The third-order valence-corrected chi connectivity index (χ3v) is 3.60. The van der Waals surface area contributed by atoms with E-state index in [1.807, 2.05) is 42.5 Å². The molecule has 0 radical (unpaired) electrons. The van der Waals surface area contributed by atoms with Crippen molar-refractivity contribution in [2.45, 2.75) is 0 Å². The zero-order valence-corrected chi connectivity index (χ0v) is 13.6. The lowest BCUT2D eigenvalue weighted by atomic mass is 10.1. The molecule has 0 atom stereocenters. The summed E-state index contributed by atoms with van der Waals surface area (Å²) in [5, 5.41) is 9.32. The average molecular weight is 341 g/mol. The highest BCUT2D eigenvalue weighted by Gasteiger charge is 1.99. The molecule has 23 heavy (non-hydrogen) atoms. The van der Waals surface area contributed by atoms with E-state index in [1.165, 1.54) is 0 Å². The van der Waals surface area contributed by atoms with Crippen LogP contribution < -0.4 is 10.7 Å². The van der Waals surface area contributed by atoms with Gasteiger partial charge in [0.15, 0.2) is 5.11 Å². The first-order chi connectivity index (χ1) is 11.2. The number of fused-ring (bicyclic) bond motifs is 1. The van der Waals surface area contributed by atoms with Crippen LogP contribution in [0, 0.1) is 0 Å². The maximum absolute atomic E-state index is 5.84. The lowest BCUT2D eigenvalue weighted by Crippen LogP contribution is -2.23. The van der Waals surface area contributed by atoms with Crippen LogP contribution in [-0.4, -0.2) is 16.3 Å². The van der Waals surface area contributed by atoms with Crippen LogP contribution in [0.25, 0.3) is 10.9 Å². The largest absolute Gasteiger partial charge is 0.331 e. The summed E-state index contributed by atoms with van der Waals surface area (Å²) in [5.74, 6) is 0. The van der Waals surface area contributed by atoms with Gasteiger partial charge in [0.1, 0.15) is 0 Å². The number of pyridine rings is 1. The van der Waals surface area contributed by atoms with Crippen molar-refractivity contribution in [3.63, 3.8) is 0 Å². The van der Waals surface area contributed by atoms with Gasteiger partial charge in [0.25, 0.3) is 0 Å². The number of halogens is 1. The van der Waals surface area contributed by atoms with Crippen LogP contribution in [0.2, 0.25) is 5.02 Å². The zero-order chi connectivity index (χ0) is 16.1. The summed E-state index contributed by atoms with van der Waals surface area (Å²) in [6.07, 6.45) is 3.48. The Hall–Kier alpha value is -2.50. The topological polar surface area (TPSA) is 49.3 Å². The maximum atomic E-state index is 5.84. The van der Waals surface area contributed by atoms with Gasteiger partial charge in [-0.1, -0.05) is 29.8 Å². The highest BCUT2D eigenvalue weighted by Crippen LogP contribution is 2.14. The minimum atomic E-state index is 0.405. The quantitative estimate of drug-likeness (QED) is 0.426. The van der Waals surface area contributed by atoms with Gasteiger partial charge in [0.05, 0.1) is 11.7 Å². The Bertz CT molecular complexity index is 857. The molecule has 3 rings (SSSR count). The van der Waals surface area contributed by atoms with Crippen LogP contribution in [0.5, 0.6) is 0 Å². The first-order valence-electron chi connectivity index (χ1n) is 6.92. The molecule has 2 aromatic carbocycles. The van der Waals surface area contributed by atoms with Gasteiger partial charge in [-0.15, -0.1) is 0 Å². The smallest absolute Gasteiger partial charge is 0.191 e. The van der Waals surface area contributed by atoms with Crippen molar-refractivity contribution in [3.05, 3.63) is 71.4 Å². The van der Waals surface area contributed by atoms with E-state index in [-0.39, 0.29) is 0 Å². The van der Waals surface area contributed by atoms with Gasteiger partial charge in [-0.3, -0.25) is 10.4 Å². The first kappa shape index (κ1) is 15.4. The summed E-state index contributed by atoms with van der Waals surface area (Å²) in [6, 6.07) is 17.1. The molecule has 2 N–H and O–H groups in total. The third-order valence-electron chi connectivity index (χ3n) is 3.15. The Morgan fingerprint density at radius 1 is 1.09 bits per heavy atom. The molecule has 0 unspecified atom stereocenters. The van der Waals surface area contributed by atoms with E-state index < -0.39 is 0 Å². The molecule has 0 aliphatic carbocycles. The molecule has 0 spiro atoms. The number of hydrazone groups is 1. The molecule has 0 fully saturated rings. The Labute approximate surface area is 144 Å². The normalized spacial score (nSPS) is 10.8. The molecule has 6 heteroatoms. The molecule has 0 amide bonds. The van der Waals surface area contributed by atoms with Crippen LogP contribution in [0.1, 0.15) is 5.56 Å². The summed E-state index contributed by atoms with van der Waals surface area (Å²) < 4.78 is 0. The van der Waals surface area contributed by atoms with E-state index in [0.717, 1.165) is 22.2 Å². The molecular weight excluding hydrogens is 328 g/mol. The number of hydrogen-bond donors (Lipinski definition) is 2. The molecule has 0 aliphatic heterocycles. The molecule has 0 saturated heterocycles. The number of rotatable bonds is 3. The Kier molecular flexibility index (Phi) is 4.80. The van der Waals surface area contributed by atoms with Crippen molar-refractivity contribution in [2.24, 2.45) is 5.10 Å². The van der Waals surface area contributed by atoms with Crippen molar-refractivity contribution >= 4 is 51.7 Å². The van der Waals surface area contributed by atoms with E-state index in [4.69, 9.17) is 23.8 Å². The molecular formula is C17H13ClN4S. The fraction of sp³-hybridized carbons (Fsp3) is 0. The van der Waals surface area contributed by atoms with Gasteiger partial charge in [0, 0.05) is 27.9 Å². The van der Waals surface area contributed by atoms with Crippen LogP contribution in [0.4, 0.5) is 5.69 Å². The standard InChI is InChI=1S/C17H13ClN4S/c18-13-5-7-14(8-6-13)21-17(23)22-20-11-12-9-10-19-16-4-2-1-3-15(12)16/h1-11H,(H2,21,22,23)/b20-11-. The summed E-state index contributed by atoms with van der Waals surface area (Å²) in [6.45, 7) is 0. The molecule has 3 aromatic rings. The highest BCUT2D eigenvalue weighted by molar-refractivity contribution is 7.80.